The predicted molar refractivity (Wildman–Crippen MR) is 151 cm³/mol. The molecule has 39 heavy (non-hydrogen) atoms. The fourth-order valence-electron chi connectivity index (χ4n) is 4.38. The minimum Gasteiger partial charge on any atom is -0.493 e. The number of rotatable bonds is 11. The van der Waals surface area contributed by atoms with Crippen molar-refractivity contribution in [2.75, 3.05) is 52.5 Å². The Morgan fingerprint density at radius 3 is 2.46 bits per heavy atom. The van der Waals surface area contributed by atoms with E-state index in [-0.39, 0.29) is 11.9 Å². The fourth-order valence-corrected chi connectivity index (χ4v) is 4.88. The van der Waals surface area contributed by atoms with Gasteiger partial charge in [-0.15, -0.1) is 0 Å². The van der Waals surface area contributed by atoms with Crippen molar-refractivity contribution >= 4 is 34.9 Å². The summed E-state index contributed by atoms with van der Waals surface area (Å²) in [7, 11) is 4.66. The summed E-state index contributed by atoms with van der Waals surface area (Å²) in [6.45, 7) is 2.57. The third kappa shape index (κ3) is 7.58. The van der Waals surface area contributed by atoms with Crippen LogP contribution in [-0.4, -0.2) is 63.4 Å². The molecular formula is C28H32Cl2N4O5. The molecule has 208 valence electrons. The molecule has 2 aromatic carbocycles. The number of carbonyl (C=O) groups is 1. The van der Waals surface area contributed by atoms with E-state index in [1.165, 1.54) is 7.11 Å². The maximum absolute atomic E-state index is 12.9. The fraction of sp³-hybridized carbons (Fsp3) is 0.393. The lowest BCUT2D eigenvalue weighted by Crippen LogP contribution is -2.39. The second-order valence-electron chi connectivity index (χ2n) is 9.10. The SMILES string of the molecule is COc1cc(N2CCC(CNC(=O)c3ccc(OC)c(OCCc4ccc(Cl)cc4Cl)c3)CC2)nc(OC)n1. The third-order valence-corrected chi connectivity index (χ3v) is 7.21. The number of ether oxygens (including phenoxy) is 4. The van der Waals surface area contributed by atoms with Crippen molar-refractivity contribution in [3.05, 3.63) is 63.6 Å². The van der Waals surface area contributed by atoms with Gasteiger partial charge in [0.05, 0.1) is 27.9 Å². The molecule has 0 saturated carbocycles. The molecule has 1 aromatic heterocycles. The molecule has 1 N–H and O–H groups in total. The first-order valence-corrected chi connectivity index (χ1v) is 13.4. The lowest BCUT2D eigenvalue weighted by Gasteiger charge is -2.33. The largest absolute Gasteiger partial charge is 0.493 e. The first-order valence-electron chi connectivity index (χ1n) is 12.6. The number of piperidine rings is 1. The van der Waals surface area contributed by atoms with Crippen LogP contribution in [0.3, 0.4) is 0 Å². The van der Waals surface area contributed by atoms with Gasteiger partial charge in [0.15, 0.2) is 11.5 Å². The zero-order chi connectivity index (χ0) is 27.8. The Morgan fingerprint density at radius 1 is 0.974 bits per heavy atom. The smallest absolute Gasteiger partial charge is 0.321 e. The van der Waals surface area contributed by atoms with E-state index < -0.39 is 0 Å². The van der Waals surface area contributed by atoms with E-state index in [1.807, 2.05) is 6.07 Å². The van der Waals surface area contributed by atoms with Gasteiger partial charge in [-0.3, -0.25) is 4.79 Å². The summed E-state index contributed by atoms with van der Waals surface area (Å²) in [5.41, 5.74) is 1.44. The Bertz CT molecular complexity index is 1260. The average Bonchev–Trinajstić information content (AvgIpc) is 2.96. The quantitative estimate of drug-likeness (QED) is 0.339. The number of nitrogens with one attached hydrogen (secondary N) is 1. The normalized spacial score (nSPS) is 13.6. The van der Waals surface area contributed by atoms with Crippen LogP contribution in [0.15, 0.2) is 42.5 Å². The molecule has 1 aliphatic rings. The van der Waals surface area contributed by atoms with E-state index >= 15 is 0 Å². The van der Waals surface area contributed by atoms with Crippen LogP contribution in [0.4, 0.5) is 5.82 Å². The number of methoxy groups -OCH3 is 3. The van der Waals surface area contributed by atoms with Gasteiger partial charge in [0.2, 0.25) is 5.88 Å². The van der Waals surface area contributed by atoms with Crippen LogP contribution in [0.25, 0.3) is 0 Å². The van der Waals surface area contributed by atoms with Crippen molar-refractivity contribution in [2.45, 2.75) is 19.3 Å². The molecule has 4 rings (SSSR count). The molecule has 0 atom stereocenters. The van der Waals surface area contributed by atoms with Crippen molar-refractivity contribution in [1.29, 1.82) is 0 Å². The summed E-state index contributed by atoms with van der Waals surface area (Å²) >= 11 is 12.2. The Kier molecular flexibility index (Phi) is 9.95. The van der Waals surface area contributed by atoms with Gasteiger partial charge in [-0.05, 0) is 54.7 Å². The van der Waals surface area contributed by atoms with Gasteiger partial charge in [-0.25, -0.2) is 0 Å². The first-order chi connectivity index (χ1) is 18.9. The maximum Gasteiger partial charge on any atom is 0.321 e. The van der Waals surface area contributed by atoms with Crippen molar-refractivity contribution in [1.82, 2.24) is 15.3 Å². The Labute approximate surface area is 238 Å². The van der Waals surface area contributed by atoms with Crippen LogP contribution >= 0.6 is 23.2 Å². The zero-order valence-corrected chi connectivity index (χ0v) is 23.7. The van der Waals surface area contributed by atoms with Gasteiger partial charge < -0.3 is 29.2 Å². The maximum atomic E-state index is 12.9. The molecular weight excluding hydrogens is 543 g/mol. The van der Waals surface area contributed by atoms with Gasteiger partial charge in [0, 0.05) is 47.7 Å². The average molecular weight is 575 g/mol. The summed E-state index contributed by atoms with van der Waals surface area (Å²) in [6, 6.07) is 12.6. The van der Waals surface area contributed by atoms with Crippen LogP contribution < -0.4 is 29.2 Å². The van der Waals surface area contributed by atoms with Gasteiger partial charge >= 0.3 is 6.01 Å². The minimum atomic E-state index is -0.157. The molecule has 1 saturated heterocycles. The molecule has 0 unspecified atom stereocenters. The van der Waals surface area contributed by atoms with E-state index in [9.17, 15) is 4.79 Å². The first kappa shape index (κ1) is 28.6. The topological polar surface area (TPSA) is 95.0 Å². The summed E-state index contributed by atoms with van der Waals surface area (Å²) in [6.07, 6.45) is 2.42. The molecule has 0 aliphatic carbocycles. The molecule has 3 aromatic rings. The monoisotopic (exact) mass is 574 g/mol. The number of benzene rings is 2. The summed E-state index contributed by atoms with van der Waals surface area (Å²) < 4.78 is 21.8. The molecule has 9 nitrogen and oxygen atoms in total. The van der Waals surface area contributed by atoms with Crippen LogP contribution in [0.2, 0.25) is 10.0 Å². The summed E-state index contributed by atoms with van der Waals surface area (Å²) in [4.78, 5) is 23.7. The van der Waals surface area contributed by atoms with Crippen molar-refractivity contribution in [2.24, 2.45) is 5.92 Å². The molecule has 2 heterocycles. The van der Waals surface area contributed by atoms with Crippen molar-refractivity contribution < 1.29 is 23.7 Å². The van der Waals surface area contributed by atoms with Gasteiger partial charge in [0.1, 0.15) is 5.82 Å². The van der Waals surface area contributed by atoms with Crippen LogP contribution in [0.5, 0.6) is 23.4 Å². The number of hydrogen-bond donors (Lipinski definition) is 1. The second-order valence-corrected chi connectivity index (χ2v) is 9.94. The zero-order valence-electron chi connectivity index (χ0n) is 22.2. The van der Waals surface area contributed by atoms with E-state index in [1.54, 1.807) is 50.6 Å². The van der Waals surface area contributed by atoms with Crippen LogP contribution in [-0.2, 0) is 6.42 Å². The number of aromatic nitrogens is 2. The molecule has 1 fully saturated rings. The van der Waals surface area contributed by atoms with E-state index in [2.05, 4.69) is 20.2 Å². The second kappa shape index (κ2) is 13.6. The van der Waals surface area contributed by atoms with E-state index in [4.69, 9.17) is 42.1 Å². The number of carbonyl (C=O) groups excluding carboxylic acids is 1. The molecule has 0 bridgehead atoms. The van der Waals surface area contributed by atoms with E-state index in [0.29, 0.717) is 58.5 Å². The molecule has 0 spiro atoms. The minimum absolute atomic E-state index is 0.157. The van der Waals surface area contributed by atoms with Gasteiger partial charge in [0.25, 0.3) is 5.91 Å². The number of anilines is 1. The summed E-state index contributed by atoms with van der Waals surface area (Å²) in [5.74, 6) is 2.48. The van der Waals surface area contributed by atoms with Crippen LogP contribution in [0, 0.1) is 5.92 Å². The third-order valence-electron chi connectivity index (χ3n) is 6.62. The van der Waals surface area contributed by atoms with Gasteiger partial charge in [-0.1, -0.05) is 29.3 Å². The number of nitrogens with zero attached hydrogens (tertiary/aromatic N) is 3. The lowest BCUT2D eigenvalue weighted by atomic mass is 9.96. The number of amides is 1. The van der Waals surface area contributed by atoms with Crippen LogP contribution in [0.1, 0.15) is 28.8 Å². The van der Waals surface area contributed by atoms with E-state index in [0.717, 1.165) is 37.3 Å². The Morgan fingerprint density at radius 2 is 1.77 bits per heavy atom. The van der Waals surface area contributed by atoms with Crippen molar-refractivity contribution in [3.63, 3.8) is 0 Å². The highest BCUT2D eigenvalue weighted by Crippen LogP contribution is 2.29. The standard InChI is InChI=1S/C28H32Cl2N4O5/c1-36-23-7-5-20(14-24(23)39-13-10-19-4-6-21(29)15-22(19)30)27(35)31-17-18-8-11-34(12-9-18)25-16-26(37-2)33-28(32-25)38-3/h4-7,14-16,18H,8-13,17H2,1-3H3,(H,31,35). The highest BCUT2D eigenvalue weighted by molar-refractivity contribution is 6.35. The highest BCUT2D eigenvalue weighted by atomic mass is 35.5. The molecule has 1 aliphatic heterocycles. The molecule has 1 amide bonds. The van der Waals surface area contributed by atoms with Crippen molar-refractivity contribution in [3.8, 4) is 23.4 Å². The molecule has 0 radical (unpaired) electrons. The van der Waals surface area contributed by atoms with Gasteiger partial charge in [-0.2, -0.15) is 9.97 Å². The summed E-state index contributed by atoms with van der Waals surface area (Å²) in [5, 5.41) is 4.25. The Balaban J connectivity index is 1.29. The number of hydrogen-bond acceptors (Lipinski definition) is 8. The molecule has 11 heteroatoms. The Hall–Kier alpha value is -3.43. The number of halogens is 2. The predicted octanol–water partition coefficient (Wildman–Crippen LogP) is 5.08. The lowest BCUT2D eigenvalue weighted by molar-refractivity contribution is 0.0944. The highest BCUT2D eigenvalue weighted by Gasteiger charge is 2.22.